The van der Waals surface area contributed by atoms with Crippen LogP contribution in [0.15, 0.2) is 54.6 Å². The maximum absolute atomic E-state index is 11.1. The smallest absolute Gasteiger partial charge is 0.417 e. The average Bonchev–Trinajstić information content (AvgIpc) is 2.75. The number of ether oxygens (including phenoxy) is 2. The lowest BCUT2D eigenvalue weighted by Gasteiger charge is -2.36. The number of piperidine rings is 1. The van der Waals surface area contributed by atoms with Gasteiger partial charge < -0.3 is 19.5 Å². The summed E-state index contributed by atoms with van der Waals surface area (Å²) in [7, 11) is 0. The number of aliphatic carboxylic acids is 1. The number of benzene rings is 2. The van der Waals surface area contributed by atoms with Gasteiger partial charge in [0.05, 0.1) is 13.2 Å². The number of rotatable bonds is 8. The molecule has 0 aromatic heterocycles. The van der Waals surface area contributed by atoms with E-state index in [1.807, 2.05) is 30.3 Å². The van der Waals surface area contributed by atoms with Gasteiger partial charge in [-0.05, 0) is 42.0 Å². The zero-order valence-electron chi connectivity index (χ0n) is 17.3. The summed E-state index contributed by atoms with van der Waals surface area (Å²) in [6.45, 7) is 5.67. The fourth-order valence-electron chi connectivity index (χ4n) is 4.01. The van der Waals surface area contributed by atoms with E-state index in [1.54, 1.807) is 0 Å². The van der Waals surface area contributed by atoms with Crippen LogP contribution in [0.5, 0.6) is 5.75 Å². The van der Waals surface area contributed by atoms with Crippen molar-refractivity contribution >= 4 is 11.9 Å². The molecule has 0 aliphatic carbocycles. The van der Waals surface area contributed by atoms with Crippen molar-refractivity contribution in [3.63, 3.8) is 0 Å². The average molecular weight is 411 g/mol. The van der Waals surface area contributed by atoms with Crippen LogP contribution in [-0.2, 0) is 14.3 Å². The second-order valence-electron chi connectivity index (χ2n) is 7.96. The summed E-state index contributed by atoms with van der Waals surface area (Å²) < 4.78 is 10.8. The van der Waals surface area contributed by atoms with E-state index in [9.17, 15) is 9.59 Å². The van der Waals surface area contributed by atoms with Crippen molar-refractivity contribution in [2.24, 2.45) is 11.8 Å². The van der Waals surface area contributed by atoms with Gasteiger partial charge in [0, 0.05) is 25.6 Å². The summed E-state index contributed by atoms with van der Waals surface area (Å²) in [5, 5.41) is 8.63. The minimum Gasteiger partial charge on any atom is -0.494 e. The number of hydrogen-bond donors (Lipinski definition) is 1. The molecule has 2 aromatic rings. The van der Waals surface area contributed by atoms with Crippen molar-refractivity contribution in [1.82, 2.24) is 4.90 Å². The third-order valence-electron chi connectivity index (χ3n) is 5.30. The maximum Gasteiger partial charge on any atom is 0.417 e. The van der Waals surface area contributed by atoms with Crippen LogP contribution in [0.3, 0.4) is 0 Å². The number of nitrogens with zero attached hydrogens (tertiary/aromatic N) is 1. The van der Waals surface area contributed by atoms with E-state index < -0.39 is 11.9 Å². The molecule has 0 amide bonds. The summed E-state index contributed by atoms with van der Waals surface area (Å²) >= 11 is 0. The van der Waals surface area contributed by atoms with Crippen LogP contribution in [0.2, 0.25) is 0 Å². The number of hydrogen-bond acceptors (Lipinski definition) is 5. The molecule has 6 heteroatoms. The van der Waals surface area contributed by atoms with Crippen LogP contribution in [-0.4, -0.2) is 54.8 Å². The molecule has 160 valence electrons. The van der Waals surface area contributed by atoms with Gasteiger partial charge in [-0.1, -0.05) is 49.4 Å². The van der Waals surface area contributed by atoms with Crippen molar-refractivity contribution in [3.8, 4) is 16.9 Å². The molecule has 30 heavy (non-hydrogen) atoms. The second kappa shape index (κ2) is 10.8. The Kier molecular flexibility index (Phi) is 7.85. The Morgan fingerprint density at radius 3 is 2.43 bits per heavy atom. The SMILES string of the molecule is C[C@H]1C[C@H](COC(=O)C(=O)O)CN(CCCOc2ccc(-c3ccccc3)cc2)C1. The molecule has 3 rings (SSSR count). The van der Waals surface area contributed by atoms with Crippen molar-refractivity contribution in [3.05, 3.63) is 54.6 Å². The predicted octanol–water partition coefficient (Wildman–Crippen LogP) is 3.71. The molecule has 0 spiro atoms. The Labute approximate surface area is 177 Å². The first-order chi connectivity index (χ1) is 14.5. The van der Waals surface area contributed by atoms with Gasteiger partial charge in [0.2, 0.25) is 0 Å². The third kappa shape index (κ3) is 6.59. The number of likely N-dealkylation sites (tertiary alicyclic amines) is 1. The molecule has 1 fully saturated rings. The number of carbonyl (C=O) groups excluding carboxylic acids is 1. The van der Waals surface area contributed by atoms with Crippen molar-refractivity contribution in [2.45, 2.75) is 19.8 Å². The fourth-order valence-corrected chi connectivity index (χ4v) is 4.01. The monoisotopic (exact) mass is 411 g/mol. The number of esters is 1. The minimum absolute atomic E-state index is 0.163. The van der Waals surface area contributed by atoms with Crippen molar-refractivity contribution in [2.75, 3.05) is 32.8 Å². The summed E-state index contributed by atoms with van der Waals surface area (Å²) in [6.07, 6.45) is 1.84. The van der Waals surface area contributed by atoms with Gasteiger partial charge in [-0.3, -0.25) is 0 Å². The van der Waals surface area contributed by atoms with Gasteiger partial charge in [-0.25, -0.2) is 9.59 Å². The molecule has 1 saturated heterocycles. The molecular weight excluding hydrogens is 382 g/mol. The highest BCUT2D eigenvalue weighted by atomic mass is 16.6. The molecule has 0 saturated carbocycles. The number of carboxylic acids is 1. The van der Waals surface area contributed by atoms with E-state index in [-0.39, 0.29) is 12.5 Å². The minimum atomic E-state index is -1.54. The van der Waals surface area contributed by atoms with Crippen LogP contribution in [0.4, 0.5) is 0 Å². The highest BCUT2D eigenvalue weighted by Gasteiger charge is 2.26. The van der Waals surface area contributed by atoms with Crippen LogP contribution in [0.1, 0.15) is 19.8 Å². The quantitative estimate of drug-likeness (QED) is 0.405. The highest BCUT2D eigenvalue weighted by molar-refractivity contribution is 6.28. The molecule has 0 bridgehead atoms. The van der Waals surface area contributed by atoms with Gasteiger partial charge in [-0.15, -0.1) is 0 Å². The molecular formula is C24H29NO5. The van der Waals surface area contributed by atoms with E-state index in [1.165, 1.54) is 11.1 Å². The van der Waals surface area contributed by atoms with Gasteiger partial charge in [0.15, 0.2) is 0 Å². The first-order valence-electron chi connectivity index (χ1n) is 10.4. The first-order valence-corrected chi connectivity index (χ1v) is 10.4. The van der Waals surface area contributed by atoms with E-state index in [2.05, 4.69) is 36.1 Å². The van der Waals surface area contributed by atoms with E-state index in [4.69, 9.17) is 14.6 Å². The lowest BCUT2D eigenvalue weighted by Crippen LogP contribution is -2.42. The molecule has 0 unspecified atom stereocenters. The topological polar surface area (TPSA) is 76.1 Å². The van der Waals surface area contributed by atoms with Crippen molar-refractivity contribution in [1.29, 1.82) is 0 Å². The van der Waals surface area contributed by atoms with Gasteiger partial charge in [-0.2, -0.15) is 0 Å². The Hall–Kier alpha value is -2.86. The predicted molar refractivity (Wildman–Crippen MR) is 114 cm³/mol. The summed E-state index contributed by atoms with van der Waals surface area (Å²) in [5.41, 5.74) is 2.35. The van der Waals surface area contributed by atoms with Gasteiger partial charge in [0.1, 0.15) is 5.75 Å². The number of carbonyl (C=O) groups is 2. The summed E-state index contributed by atoms with van der Waals surface area (Å²) in [6, 6.07) is 18.4. The van der Waals surface area contributed by atoms with E-state index in [0.29, 0.717) is 12.5 Å². The second-order valence-corrected chi connectivity index (χ2v) is 7.96. The third-order valence-corrected chi connectivity index (χ3v) is 5.30. The molecule has 2 atom stereocenters. The largest absolute Gasteiger partial charge is 0.494 e. The van der Waals surface area contributed by atoms with Crippen LogP contribution in [0, 0.1) is 11.8 Å². The molecule has 6 nitrogen and oxygen atoms in total. The van der Waals surface area contributed by atoms with Gasteiger partial charge in [0.25, 0.3) is 0 Å². The molecule has 1 heterocycles. The Morgan fingerprint density at radius 2 is 1.73 bits per heavy atom. The summed E-state index contributed by atoms with van der Waals surface area (Å²) in [4.78, 5) is 24.1. The normalized spacial score (nSPS) is 19.2. The van der Waals surface area contributed by atoms with E-state index >= 15 is 0 Å². The number of carboxylic acid groups (broad SMARTS) is 1. The molecule has 1 aliphatic heterocycles. The zero-order chi connectivity index (χ0) is 21.3. The molecule has 2 aromatic carbocycles. The summed E-state index contributed by atoms with van der Waals surface area (Å²) in [5.74, 6) is -1.20. The Morgan fingerprint density at radius 1 is 1.03 bits per heavy atom. The van der Waals surface area contributed by atoms with Crippen LogP contribution < -0.4 is 4.74 Å². The lowest BCUT2D eigenvalue weighted by atomic mass is 9.91. The fraction of sp³-hybridized carbons (Fsp3) is 0.417. The Balaban J connectivity index is 1.39. The highest BCUT2D eigenvalue weighted by Crippen LogP contribution is 2.23. The van der Waals surface area contributed by atoms with Gasteiger partial charge >= 0.3 is 11.9 Å². The zero-order valence-corrected chi connectivity index (χ0v) is 17.3. The molecule has 1 N–H and O–H groups in total. The van der Waals surface area contributed by atoms with Crippen molar-refractivity contribution < 1.29 is 24.2 Å². The molecule has 1 aliphatic rings. The molecule has 0 radical (unpaired) electrons. The van der Waals surface area contributed by atoms with Crippen LogP contribution in [0.25, 0.3) is 11.1 Å². The Bertz CT molecular complexity index is 821. The maximum atomic E-state index is 11.1. The standard InChI is InChI=1S/C24H29NO5/c1-18-14-19(17-30-24(28)23(26)27)16-25(15-18)12-5-13-29-22-10-8-21(9-11-22)20-6-3-2-4-7-20/h2-4,6-11,18-19H,5,12-17H2,1H3,(H,26,27)/t18-,19-/m0/s1. The first kappa shape index (κ1) is 21.8. The van der Waals surface area contributed by atoms with E-state index in [0.717, 1.165) is 38.2 Å². The van der Waals surface area contributed by atoms with Crippen LogP contribution >= 0.6 is 0 Å². The lowest BCUT2D eigenvalue weighted by molar-refractivity contribution is -0.165.